The fourth-order valence-electron chi connectivity index (χ4n) is 0.929. The lowest BCUT2D eigenvalue weighted by Crippen LogP contribution is -1.92. The molecule has 1 aromatic heterocycles. The maximum absolute atomic E-state index is 4.28. The summed E-state index contributed by atoms with van der Waals surface area (Å²) >= 11 is 0. The van der Waals surface area contributed by atoms with Gasteiger partial charge in [-0.05, 0) is 26.8 Å². The SMILES string of the molecule is C/C=C/c1ncc(C)nc1C. The van der Waals surface area contributed by atoms with Gasteiger partial charge in [-0.1, -0.05) is 6.08 Å². The molecule has 0 atom stereocenters. The largest absolute Gasteiger partial charge is 0.255 e. The van der Waals surface area contributed by atoms with Gasteiger partial charge in [0, 0.05) is 6.20 Å². The van der Waals surface area contributed by atoms with Gasteiger partial charge in [0.25, 0.3) is 0 Å². The first-order valence-corrected chi connectivity index (χ1v) is 3.67. The second-order valence-corrected chi connectivity index (χ2v) is 2.48. The molecule has 0 bridgehead atoms. The molecule has 0 fully saturated rings. The zero-order chi connectivity index (χ0) is 8.27. The molecular formula is C9H12N2. The molecule has 2 heteroatoms. The van der Waals surface area contributed by atoms with Gasteiger partial charge in [-0.3, -0.25) is 9.97 Å². The summed E-state index contributed by atoms with van der Waals surface area (Å²) in [5, 5.41) is 0. The van der Waals surface area contributed by atoms with Crippen LogP contribution in [0.15, 0.2) is 12.3 Å². The molecule has 0 amide bonds. The van der Waals surface area contributed by atoms with E-state index in [0.29, 0.717) is 0 Å². The van der Waals surface area contributed by atoms with Gasteiger partial charge in [0.05, 0.1) is 17.1 Å². The number of rotatable bonds is 1. The van der Waals surface area contributed by atoms with Crippen molar-refractivity contribution in [3.8, 4) is 0 Å². The molecule has 0 aliphatic rings. The molecule has 0 unspecified atom stereocenters. The molecule has 0 saturated carbocycles. The molecule has 11 heavy (non-hydrogen) atoms. The highest BCUT2D eigenvalue weighted by Gasteiger charge is 1.95. The van der Waals surface area contributed by atoms with Gasteiger partial charge in [-0.2, -0.15) is 0 Å². The lowest BCUT2D eigenvalue weighted by Gasteiger charge is -1.98. The van der Waals surface area contributed by atoms with Gasteiger partial charge in [0.15, 0.2) is 0 Å². The first-order chi connectivity index (χ1) is 5.24. The second kappa shape index (κ2) is 3.28. The number of hydrogen-bond donors (Lipinski definition) is 0. The van der Waals surface area contributed by atoms with Crippen LogP contribution < -0.4 is 0 Å². The molecule has 0 aromatic carbocycles. The van der Waals surface area contributed by atoms with Crippen LogP contribution in [-0.4, -0.2) is 9.97 Å². The zero-order valence-corrected chi connectivity index (χ0v) is 7.13. The fraction of sp³-hybridized carbons (Fsp3) is 0.333. The summed E-state index contributed by atoms with van der Waals surface area (Å²) in [6.07, 6.45) is 5.70. The van der Waals surface area contributed by atoms with Crippen LogP contribution in [0.1, 0.15) is 24.0 Å². The number of hydrogen-bond acceptors (Lipinski definition) is 2. The van der Waals surface area contributed by atoms with Gasteiger partial charge in [-0.25, -0.2) is 0 Å². The Labute approximate surface area is 67.0 Å². The lowest BCUT2D eigenvalue weighted by molar-refractivity contribution is 1.04. The van der Waals surface area contributed by atoms with Crippen molar-refractivity contribution in [2.45, 2.75) is 20.8 Å². The third kappa shape index (κ3) is 1.87. The predicted molar refractivity (Wildman–Crippen MR) is 46.2 cm³/mol. The summed E-state index contributed by atoms with van der Waals surface area (Å²) in [5.41, 5.74) is 2.91. The molecule has 0 aliphatic carbocycles. The molecule has 0 radical (unpaired) electrons. The summed E-state index contributed by atoms with van der Waals surface area (Å²) in [6.45, 7) is 5.88. The Morgan fingerprint density at radius 3 is 2.64 bits per heavy atom. The molecule has 0 N–H and O–H groups in total. The smallest absolute Gasteiger partial charge is 0.0839 e. The first-order valence-electron chi connectivity index (χ1n) is 3.67. The van der Waals surface area contributed by atoms with Gasteiger partial charge in [0.2, 0.25) is 0 Å². The van der Waals surface area contributed by atoms with Gasteiger partial charge < -0.3 is 0 Å². The number of nitrogens with zero attached hydrogens (tertiary/aromatic N) is 2. The Hall–Kier alpha value is -1.18. The Balaban J connectivity index is 3.09. The standard InChI is InChI=1S/C9H12N2/c1-4-5-9-8(3)11-7(2)6-10-9/h4-6H,1-3H3/b5-4+. The molecule has 1 heterocycles. The van der Waals surface area contributed by atoms with Crippen LogP contribution in [0.5, 0.6) is 0 Å². The average molecular weight is 148 g/mol. The second-order valence-electron chi connectivity index (χ2n) is 2.48. The molecule has 1 rings (SSSR count). The highest BCUT2D eigenvalue weighted by atomic mass is 14.8. The topological polar surface area (TPSA) is 25.8 Å². The Morgan fingerprint density at radius 2 is 2.09 bits per heavy atom. The lowest BCUT2D eigenvalue weighted by atomic mass is 10.3. The van der Waals surface area contributed by atoms with E-state index >= 15 is 0 Å². The van der Waals surface area contributed by atoms with E-state index < -0.39 is 0 Å². The van der Waals surface area contributed by atoms with E-state index in [2.05, 4.69) is 9.97 Å². The molecule has 2 nitrogen and oxygen atoms in total. The van der Waals surface area contributed by atoms with E-state index in [1.54, 1.807) is 6.20 Å². The predicted octanol–water partition coefficient (Wildman–Crippen LogP) is 2.13. The van der Waals surface area contributed by atoms with E-state index in [-0.39, 0.29) is 0 Å². The van der Waals surface area contributed by atoms with Crippen LogP contribution in [0.3, 0.4) is 0 Å². The zero-order valence-electron chi connectivity index (χ0n) is 7.13. The summed E-state index contributed by atoms with van der Waals surface area (Å²) in [4.78, 5) is 8.50. The highest BCUT2D eigenvalue weighted by Crippen LogP contribution is 2.03. The van der Waals surface area contributed by atoms with Crippen molar-refractivity contribution in [1.82, 2.24) is 9.97 Å². The monoisotopic (exact) mass is 148 g/mol. The number of aromatic nitrogens is 2. The summed E-state index contributed by atoms with van der Waals surface area (Å²) in [5.74, 6) is 0. The molecule has 0 saturated heterocycles. The van der Waals surface area contributed by atoms with Crippen molar-refractivity contribution in [2.75, 3.05) is 0 Å². The minimum atomic E-state index is 0.957. The van der Waals surface area contributed by atoms with Crippen LogP contribution in [0.25, 0.3) is 6.08 Å². The van der Waals surface area contributed by atoms with Crippen molar-refractivity contribution >= 4 is 6.08 Å². The molecule has 1 aromatic rings. The maximum Gasteiger partial charge on any atom is 0.0839 e. The molecular weight excluding hydrogens is 136 g/mol. The molecule has 0 spiro atoms. The highest BCUT2D eigenvalue weighted by molar-refractivity contribution is 5.46. The van der Waals surface area contributed by atoms with Crippen molar-refractivity contribution in [3.05, 3.63) is 29.4 Å². The fourth-order valence-corrected chi connectivity index (χ4v) is 0.929. The average Bonchev–Trinajstić information content (AvgIpc) is 1.95. The number of allylic oxidation sites excluding steroid dienone is 1. The van der Waals surface area contributed by atoms with E-state index in [9.17, 15) is 0 Å². The summed E-state index contributed by atoms with van der Waals surface area (Å²) in [7, 11) is 0. The van der Waals surface area contributed by atoms with Crippen LogP contribution in [-0.2, 0) is 0 Å². The van der Waals surface area contributed by atoms with Crippen LogP contribution in [0.4, 0.5) is 0 Å². The van der Waals surface area contributed by atoms with E-state index in [0.717, 1.165) is 17.1 Å². The van der Waals surface area contributed by atoms with Gasteiger partial charge >= 0.3 is 0 Å². The van der Waals surface area contributed by atoms with Gasteiger partial charge in [-0.15, -0.1) is 0 Å². The third-order valence-corrected chi connectivity index (χ3v) is 1.43. The number of aryl methyl sites for hydroxylation is 2. The minimum Gasteiger partial charge on any atom is -0.255 e. The van der Waals surface area contributed by atoms with E-state index in [4.69, 9.17) is 0 Å². The van der Waals surface area contributed by atoms with Crippen molar-refractivity contribution < 1.29 is 0 Å². The molecule has 0 aliphatic heterocycles. The quantitative estimate of drug-likeness (QED) is 0.609. The van der Waals surface area contributed by atoms with Gasteiger partial charge in [0.1, 0.15) is 0 Å². The van der Waals surface area contributed by atoms with Crippen molar-refractivity contribution in [1.29, 1.82) is 0 Å². The van der Waals surface area contributed by atoms with Crippen LogP contribution in [0, 0.1) is 13.8 Å². The summed E-state index contributed by atoms with van der Waals surface area (Å²) < 4.78 is 0. The molecule has 58 valence electrons. The summed E-state index contributed by atoms with van der Waals surface area (Å²) in [6, 6.07) is 0. The van der Waals surface area contributed by atoms with E-state index in [1.165, 1.54) is 0 Å². The van der Waals surface area contributed by atoms with Crippen LogP contribution in [0.2, 0.25) is 0 Å². The maximum atomic E-state index is 4.28. The third-order valence-electron chi connectivity index (χ3n) is 1.43. The Morgan fingerprint density at radius 1 is 1.36 bits per heavy atom. The van der Waals surface area contributed by atoms with E-state index in [1.807, 2.05) is 32.9 Å². The Kier molecular flexibility index (Phi) is 2.36. The van der Waals surface area contributed by atoms with Crippen molar-refractivity contribution in [3.63, 3.8) is 0 Å². The minimum absolute atomic E-state index is 0.957. The Bertz CT molecular complexity index is 277. The normalized spacial score (nSPS) is 10.8. The first kappa shape index (κ1) is 7.92. The van der Waals surface area contributed by atoms with Crippen LogP contribution >= 0.6 is 0 Å². The van der Waals surface area contributed by atoms with Crippen molar-refractivity contribution in [2.24, 2.45) is 0 Å².